The number of ether oxygens (including phenoxy) is 1. The Morgan fingerprint density at radius 2 is 2.26 bits per heavy atom. The van der Waals surface area contributed by atoms with Gasteiger partial charge in [-0.2, -0.15) is 0 Å². The van der Waals surface area contributed by atoms with Gasteiger partial charge in [-0.05, 0) is 12.1 Å². The second-order valence-electron chi connectivity index (χ2n) is 5.00. The lowest BCUT2D eigenvalue weighted by Gasteiger charge is -2.30. The molecule has 1 N–H and O–H groups in total. The summed E-state index contributed by atoms with van der Waals surface area (Å²) in [7, 11) is 0. The summed E-state index contributed by atoms with van der Waals surface area (Å²) in [5, 5.41) is 12.0. The Labute approximate surface area is 141 Å². The van der Waals surface area contributed by atoms with Crippen LogP contribution < -0.4 is 0 Å². The number of halogens is 1. The number of benzene rings is 1. The number of amides is 1. The molecule has 1 saturated heterocycles. The molecule has 1 amide bonds. The average Bonchev–Trinajstić information content (AvgIpc) is 3.04. The van der Waals surface area contributed by atoms with Gasteiger partial charge in [0, 0.05) is 22.5 Å². The van der Waals surface area contributed by atoms with Crippen LogP contribution in [-0.2, 0) is 9.53 Å². The van der Waals surface area contributed by atoms with Gasteiger partial charge in [0.05, 0.1) is 13.2 Å². The SMILES string of the molecule is O=C(O)C1CN(C(=O)c2csc(-c3cccc(Cl)c3)n2)CCO1. The molecule has 1 fully saturated rings. The second-order valence-corrected chi connectivity index (χ2v) is 6.29. The number of aliphatic carboxylic acids is 1. The van der Waals surface area contributed by atoms with E-state index in [1.165, 1.54) is 16.2 Å². The minimum Gasteiger partial charge on any atom is -0.479 e. The van der Waals surface area contributed by atoms with Crippen LogP contribution in [-0.4, -0.2) is 52.7 Å². The van der Waals surface area contributed by atoms with Gasteiger partial charge in [0.2, 0.25) is 0 Å². The number of carboxylic acids is 1. The first-order valence-electron chi connectivity index (χ1n) is 6.90. The number of carboxylic acid groups (broad SMARTS) is 1. The summed E-state index contributed by atoms with van der Waals surface area (Å²) in [6, 6.07) is 7.24. The first-order valence-corrected chi connectivity index (χ1v) is 8.15. The maximum absolute atomic E-state index is 12.5. The van der Waals surface area contributed by atoms with E-state index in [2.05, 4.69) is 4.98 Å². The molecule has 23 heavy (non-hydrogen) atoms. The highest BCUT2D eigenvalue weighted by atomic mass is 35.5. The highest BCUT2D eigenvalue weighted by molar-refractivity contribution is 7.13. The lowest BCUT2D eigenvalue weighted by Crippen LogP contribution is -2.48. The molecular formula is C15H13ClN2O4S. The number of hydrogen-bond donors (Lipinski definition) is 1. The molecule has 6 nitrogen and oxygen atoms in total. The summed E-state index contributed by atoms with van der Waals surface area (Å²) in [5.41, 5.74) is 1.14. The van der Waals surface area contributed by atoms with Crippen LogP contribution in [0.5, 0.6) is 0 Å². The highest BCUT2D eigenvalue weighted by Crippen LogP contribution is 2.26. The van der Waals surface area contributed by atoms with Crippen LogP contribution in [0.2, 0.25) is 5.02 Å². The van der Waals surface area contributed by atoms with E-state index in [1.807, 2.05) is 12.1 Å². The lowest BCUT2D eigenvalue weighted by molar-refractivity contribution is -0.154. The molecular weight excluding hydrogens is 340 g/mol. The van der Waals surface area contributed by atoms with Crippen molar-refractivity contribution < 1.29 is 19.4 Å². The second kappa shape index (κ2) is 6.66. The molecule has 1 aromatic heterocycles. The molecule has 1 aliphatic heterocycles. The van der Waals surface area contributed by atoms with Crippen molar-refractivity contribution in [3.8, 4) is 10.6 Å². The smallest absolute Gasteiger partial charge is 0.334 e. The Kier molecular flexibility index (Phi) is 4.61. The number of carbonyl (C=O) groups excluding carboxylic acids is 1. The van der Waals surface area contributed by atoms with E-state index in [4.69, 9.17) is 21.4 Å². The third-order valence-corrected chi connectivity index (χ3v) is 4.55. The zero-order chi connectivity index (χ0) is 16.4. The van der Waals surface area contributed by atoms with Crippen molar-refractivity contribution >= 4 is 34.8 Å². The van der Waals surface area contributed by atoms with Crippen molar-refractivity contribution in [1.82, 2.24) is 9.88 Å². The molecule has 0 aliphatic carbocycles. The van der Waals surface area contributed by atoms with Crippen molar-refractivity contribution in [2.75, 3.05) is 19.7 Å². The standard InChI is InChI=1S/C15H13ClN2O4S/c16-10-3-1-2-9(6-10)13-17-11(8-23-13)14(19)18-4-5-22-12(7-18)15(20)21/h1-3,6,8,12H,4-5,7H2,(H,20,21). The molecule has 2 heterocycles. The van der Waals surface area contributed by atoms with Crippen LogP contribution in [0.25, 0.3) is 10.6 Å². The fraction of sp³-hybridized carbons (Fsp3) is 0.267. The Bertz CT molecular complexity index is 749. The Morgan fingerprint density at radius 1 is 1.43 bits per heavy atom. The van der Waals surface area contributed by atoms with Crippen LogP contribution in [0.15, 0.2) is 29.6 Å². The van der Waals surface area contributed by atoms with E-state index in [1.54, 1.807) is 17.5 Å². The van der Waals surface area contributed by atoms with Crippen molar-refractivity contribution in [3.63, 3.8) is 0 Å². The fourth-order valence-corrected chi connectivity index (χ4v) is 3.25. The van der Waals surface area contributed by atoms with Crippen LogP contribution in [0, 0.1) is 0 Å². The number of nitrogens with zero attached hydrogens (tertiary/aromatic N) is 2. The number of morpholine rings is 1. The van der Waals surface area contributed by atoms with Crippen molar-refractivity contribution in [1.29, 1.82) is 0 Å². The largest absolute Gasteiger partial charge is 0.479 e. The monoisotopic (exact) mass is 352 g/mol. The molecule has 0 spiro atoms. The summed E-state index contributed by atoms with van der Waals surface area (Å²) in [6.07, 6.45) is -0.987. The summed E-state index contributed by atoms with van der Waals surface area (Å²) in [4.78, 5) is 29.3. The number of rotatable bonds is 3. The Balaban J connectivity index is 1.77. The van der Waals surface area contributed by atoms with E-state index < -0.39 is 12.1 Å². The Morgan fingerprint density at radius 3 is 3.00 bits per heavy atom. The van der Waals surface area contributed by atoms with E-state index in [0.717, 1.165) is 5.56 Å². The predicted molar refractivity (Wildman–Crippen MR) is 85.8 cm³/mol. The Hall–Kier alpha value is -1.96. The molecule has 3 rings (SSSR count). The van der Waals surface area contributed by atoms with Gasteiger partial charge >= 0.3 is 5.97 Å². The number of hydrogen-bond acceptors (Lipinski definition) is 5. The van der Waals surface area contributed by atoms with Crippen molar-refractivity contribution in [2.24, 2.45) is 0 Å². The highest BCUT2D eigenvalue weighted by Gasteiger charge is 2.30. The van der Waals surface area contributed by atoms with Gasteiger partial charge in [-0.3, -0.25) is 4.79 Å². The third-order valence-electron chi connectivity index (χ3n) is 3.42. The van der Waals surface area contributed by atoms with E-state index in [9.17, 15) is 9.59 Å². The quantitative estimate of drug-likeness (QED) is 0.917. The average molecular weight is 353 g/mol. The van der Waals surface area contributed by atoms with Gasteiger partial charge in [0.1, 0.15) is 10.7 Å². The number of thiazole rings is 1. The molecule has 8 heteroatoms. The molecule has 0 bridgehead atoms. The van der Waals surface area contributed by atoms with E-state index >= 15 is 0 Å². The van der Waals surface area contributed by atoms with Crippen LogP contribution >= 0.6 is 22.9 Å². The fourth-order valence-electron chi connectivity index (χ4n) is 2.27. The zero-order valence-corrected chi connectivity index (χ0v) is 13.5. The van der Waals surface area contributed by atoms with E-state index in [-0.39, 0.29) is 19.1 Å². The summed E-state index contributed by atoms with van der Waals surface area (Å²) in [6.45, 7) is 0.582. The molecule has 0 saturated carbocycles. The number of carbonyl (C=O) groups is 2. The molecule has 1 aromatic carbocycles. The predicted octanol–water partition coefficient (Wildman–Crippen LogP) is 2.39. The molecule has 0 radical (unpaired) electrons. The molecule has 2 aromatic rings. The topological polar surface area (TPSA) is 79.7 Å². The third kappa shape index (κ3) is 3.52. The van der Waals surface area contributed by atoms with Gasteiger partial charge in [0.25, 0.3) is 5.91 Å². The van der Waals surface area contributed by atoms with E-state index in [0.29, 0.717) is 22.3 Å². The molecule has 1 unspecified atom stereocenters. The molecule has 1 atom stereocenters. The first-order chi connectivity index (χ1) is 11.0. The van der Waals surface area contributed by atoms with Crippen molar-refractivity contribution in [2.45, 2.75) is 6.10 Å². The van der Waals surface area contributed by atoms with Crippen LogP contribution in [0.1, 0.15) is 10.5 Å². The van der Waals surface area contributed by atoms with Gasteiger partial charge < -0.3 is 14.7 Å². The van der Waals surface area contributed by atoms with Crippen LogP contribution in [0.4, 0.5) is 0 Å². The van der Waals surface area contributed by atoms with Gasteiger partial charge in [-0.15, -0.1) is 11.3 Å². The minimum atomic E-state index is -1.07. The van der Waals surface area contributed by atoms with Gasteiger partial charge in [-0.25, -0.2) is 9.78 Å². The van der Waals surface area contributed by atoms with Gasteiger partial charge in [0.15, 0.2) is 6.10 Å². The normalized spacial score (nSPS) is 18.0. The van der Waals surface area contributed by atoms with Crippen molar-refractivity contribution in [3.05, 3.63) is 40.4 Å². The maximum atomic E-state index is 12.5. The summed E-state index contributed by atoms with van der Waals surface area (Å²) in [5.74, 6) is -1.36. The summed E-state index contributed by atoms with van der Waals surface area (Å²) >= 11 is 7.31. The lowest BCUT2D eigenvalue weighted by atomic mass is 10.2. The molecule has 1 aliphatic rings. The maximum Gasteiger partial charge on any atom is 0.334 e. The zero-order valence-electron chi connectivity index (χ0n) is 11.9. The molecule has 120 valence electrons. The first kappa shape index (κ1) is 15.9. The van der Waals surface area contributed by atoms with Gasteiger partial charge in [-0.1, -0.05) is 23.7 Å². The minimum absolute atomic E-state index is 0.0260. The summed E-state index contributed by atoms with van der Waals surface area (Å²) < 4.78 is 5.12. The van der Waals surface area contributed by atoms with Crippen LogP contribution in [0.3, 0.4) is 0 Å². The number of aromatic nitrogens is 1.